The van der Waals surface area contributed by atoms with E-state index in [1.807, 2.05) is 0 Å². The smallest absolute Gasteiger partial charge is 0.265 e. The molecule has 2 aliphatic heterocycles. The third kappa shape index (κ3) is 2.96. The van der Waals surface area contributed by atoms with Crippen molar-refractivity contribution < 1.29 is 23.5 Å². The number of halogens is 1. The van der Waals surface area contributed by atoms with Gasteiger partial charge in [0.15, 0.2) is 17.7 Å². The maximum atomic E-state index is 14.0. The lowest BCUT2D eigenvalue weighted by atomic mass is 10.1. The molecule has 0 spiro atoms. The maximum Gasteiger partial charge on any atom is 0.265 e. The predicted molar refractivity (Wildman–Crippen MR) is 75.2 cm³/mol. The number of nitrogens with one attached hydrogen (secondary N) is 2. The second kappa shape index (κ2) is 5.80. The van der Waals surface area contributed by atoms with Crippen LogP contribution in [-0.2, 0) is 9.59 Å². The highest BCUT2D eigenvalue weighted by atomic mass is 19.1. The molecule has 2 aliphatic rings. The molecule has 1 saturated heterocycles. The molecular formula is C14H16FN3O4. The van der Waals surface area contributed by atoms with Crippen LogP contribution in [0.3, 0.4) is 0 Å². The molecule has 0 radical (unpaired) electrons. The Bertz CT molecular complexity index is 618. The van der Waals surface area contributed by atoms with Crippen LogP contribution >= 0.6 is 0 Å². The molecule has 0 aliphatic carbocycles. The molecule has 7 nitrogen and oxygen atoms in total. The summed E-state index contributed by atoms with van der Waals surface area (Å²) in [5.41, 5.74) is 5.40. The van der Waals surface area contributed by atoms with E-state index in [1.54, 1.807) is 0 Å². The quantitative estimate of drug-likeness (QED) is 0.718. The number of nitrogens with two attached hydrogens (primary N) is 1. The first-order chi connectivity index (χ1) is 10.5. The molecule has 8 heteroatoms. The molecule has 118 valence electrons. The summed E-state index contributed by atoms with van der Waals surface area (Å²) < 4.78 is 25.0. The maximum absolute atomic E-state index is 14.0. The zero-order valence-corrected chi connectivity index (χ0v) is 11.7. The summed E-state index contributed by atoms with van der Waals surface area (Å²) in [5.74, 6) is -1.19. The molecule has 2 amide bonds. The number of anilines is 1. The van der Waals surface area contributed by atoms with Gasteiger partial charge in [-0.25, -0.2) is 4.39 Å². The van der Waals surface area contributed by atoms with Gasteiger partial charge in [-0.1, -0.05) is 0 Å². The van der Waals surface area contributed by atoms with Crippen LogP contribution in [0.1, 0.15) is 12.8 Å². The molecule has 1 unspecified atom stereocenters. The van der Waals surface area contributed by atoms with Gasteiger partial charge in [-0.05, 0) is 0 Å². The number of hydrogen-bond acceptors (Lipinski definition) is 5. The van der Waals surface area contributed by atoms with Crippen molar-refractivity contribution in [1.29, 1.82) is 0 Å². The van der Waals surface area contributed by atoms with E-state index in [-0.39, 0.29) is 30.4 Å². The number of ether oxygens (including phenoxy) is 2. The summed E-state index contributed by atoms with van der Waals surface area (Å²) in [4.78, 5) is 22.7. The Morgan fingerprint density at radius 1 is 1.45 bits per heavy atom. The third-order valence-corrected chi connectivity index (χ3v) is 3.54. The highest BCUT2D eigenvalue weighted by molar-refractivity contribution is 5.98. The molecular weight excluding hydrogens is 293 g/mol. The molecule has 0 saturated carbocycles. The normalized spacial score (nSPS) is 20.4. The molecule has 2 heterocycles. The van der Waals surface area contributed by atoms with Crippen molar-refractivity contribution in [2.24, 2.45) is 5.73 Å². The molecule has 4 N–H and O–H groups in total. The lowest BCUT2D eigenvalue weighted by molar-refractivity contribution is -0.124. The summed E-state index contributed by atoms with van der Waals surface area (Å²) in [6, 6.07) is 2.58. The van der Waals surface area contributed by atoms with Crippen molar-refractivity contribution in [2.75, 3.05) is 18.4 Å². The topological polar surface area (TPSA) is 103 Å². The van der Waals surface area contributed by atoms with Gasteiger partial charge < -0.3 is 25.8 Å². The minimum absolute atomic E-state index is 0.0196. The largest absolute Gasteiger partial charge is 0.485 e. The highest BCUT2D eigenvalue weighted by Crippen LogP contribution is 2.36. The van der Waals surface area contributed by atoms with E-state index in [0.717, 1.165) is 0 Å². The van der Waals surface area contributed by atoms with Crippen molar-refractivity contribution in [3.8, 4) is 11.5 Å². The van der Waals surface area contributed by atoms with Crippen LogP contribution in [-0.4, -0.2) is 37.1 Å². The number of hydrogen-bond donors (Lipinski definition) is 3. The Hall–Kier alpha value is -2.35. The van der Waals surface area contributed by atoms with Crippen molar-refractivity contribution in [3.05, 3.63) is 17.9 Å². The molecule has 0 aromatic heterocycles. The molecule has 1 aromatic rings. The Balaban J connectivity index is 1.75. The number of amides is 2. The van der Waals surface area contributed by atoms with E-state index in [0.29, 0.717) is 18.8 Å². The average Bonchev–Trinajstić information content (AvgIpc) is 2.41. The van der Waals surface area contributed by atoms with Crippen LogP contribution in [0.25, 0.3) is 0 Å². The van der Waals surface area contributed by atoms with E-state index < -0.39 is 23.7 Å². The zero-order chi connectivity index (χ0) is 15.7. The van der Waals surface area contributed by atoms with Crippen LogP contribution in [0.2, 0.25) is 0 Å². The molecule has 0 bridgehead atoms. The first-order valence-electron chi connectivity index (χ1n) is 6.99. The standard InChI is InChI=1S/C14H16FN3O4/c15-8-3-12-9(4-11(8)21-7-5-17-6-7)18-14(20)10(22-12)1-2-13(16)19/h3-4,7,10,17H,1-2,5-6H2,(H2,16,19)(H,18,20). The van der Waals surface area contributed by atoms with E-state index in [9.17, 15) is 14.0 Å². The van der Waals surface area contributed by atoms with Gasteiger partial charge in [-0.2, -0.15) is 0 Å². The lowest BCUT2D eigenvalue weighted by Crippen LogP contribution is -2.50. The van der Waals surface area contributed by atoms with E-state index in [4.69, 9.17) is 15.2 Å². The number of carbonyl (C=O) groups excluding carboxylic acids is 2. The zero-order valence-electron chi connectivity index (χ0n) is 11.7. The van der Waals surface area contributed by atoms with E-state index in [2.05, 4.69) is 10.6 Å². The van der Waals surface area contributed by atoms with Gasteiger partial charge in [0, 0.05) is 38.1 Å². The van der Waals surface area contributed by atoms with Crippen LogP contribution < -0.4 is 25.8 Å². The fourth-order valence-electron chi connectivity index (χ4n) is 2.23. The first-order valence-corrected chi connectivity index (χ1v) is 6.99. The second-order valence-corrected chi connectivity index (χ2v) is 5.28. The van der Waals surface area contributed by atoms with Gasteiger partial charge >= 0.3 is 0 Å². The van der Waals surface area contributed by atoms with Gasteiger partial charge in [0.25, 0.3) is 5.91 Å². The van der Waals surface area contributed by atoms with Gasteiger partial charge in [-0.15, -0.1) is 0 Å². The summed E-state index contributed by atoms with van der Waals surface area (Å²) >= 11 is 0. The van der Waals surface area contributed by atoms with Crippen molar-refractivity contribution in [1.82, 2.24) is 5.32 Å². The minimum Gasteiger partial charge on any atom is -0.485 e. The lowest BCUT2D eigenvalue weighted by Gasteiger charge is -2.29. The summed E-state index contributed by atoms with van der Waals surface area (Å²) in [6.45, 7) is 1.32. The average molecular weight is 309 g/mol. The molecule has 3 rings (SSSR count). The van der Waals surface area contributed by atoms with Crippen LogP contribution in [0.4, 0.5) is 10.1 Å². The SMILES string of the molecule is NC(=O)CCC1Oc2cc(F)c(OC3CNC3)cc2NC1=O. The Labute approximate surface area is 125 Å². The number of carbonyl (C=O) groups is 2. The van der Waals surface area contributed by atoms with E-state index >= 15 is 0 Å². The molecule has 1 aromatic carbocycles. The van der Waals surface area contributed by atoms with Gasteiger partial charge in [0.2, 0.25) is 5.91 Å². The summed E-state index contributed by atoms with van der Waals surface area (Å²) in [7, 11) is 0. The van der Waals surface area contributed by atoms with Gasteiger partial charge in [-0.3, -0.25) is 9.59 Å². The van der Waals surface area contributed by atoms with E-state index in [1.165, 1.54) is 12.1 Å². The number of primary amides is 1. The number of benzene rings is 1. The van der Waals surface area contributed by atoms with Crippen molar-refractivity contribution in [3.63, 3.8) is 0 Å². The van der Waals surface area contributed by atoms with Crippen molar-refractivity contribution in [2.45, 2.75) is 25.0 Å². The highest BCUT2D eigenvalue weighted by Gasteiger charge is 2.30. The fraction of sp³-hybridized carbons (Fsp3) is 0.429. The van der Waals surface area contributed by atoms with Crippen molar-refractivity contribution >= 4 is 17.5 Å². The Morgan fingerprint density at radius 3 is 2.86 bits per heavy atom. The molecule has 1 fully saturated rings. The molecule has 1 atom stereocenters. The predicted octanol–water partition coefficient (Wildman–Crippen LogP) is 0.141. The number of rotatable bonds is 5. The van der Waals surface area contributed by atoms with Gasteiger partial charge in [0.1, 0.15) is 11.9 Å². The third-order valence-electron chi connectivity index (χ3n) is 3.54. The van der Waals surface area contributed by atoms with Gasteiger partial charge in [0.05, 0.1) is 5.69 Å². The fourth-order valence-corrected chi connectivity index (χ4v) is 2.23. The first kappa shape index (κ1) is 14.6. The Kier molecular flexibility index (Phi) is 3.84. The summed E-state index contributed by atoms with van der Waals surface area (Å²) in [6.07, 6.45) is -0.766. The minimum atomic E-state index is -0.859. The van der Waals surface area contributed by atoms with Crippen LogP contribution in [0, 0.1) is 5.82 Å². The Morgan fingerprint density at radius 2 is 2.23 bits per heavy atom. The number of fused-ring (bicyclic) bond motifs is 1. The summed E-state index contributed by atoms with van der Waals surface area (Å²) in [5, 5.41) is 5.65. The molecule has 22 heavy (non-hydrogen) atoms. The monoisotopic (exact) mass is 309 g/mol. The second-order valence-electron chi connectivity index (χ2n) is 5.28. The van der Waals surface area contributed by atoms with Crippen LogP contribution in [0.15, 0.2) is 12.1 Å². The van der Waals surface area contributed by atoms with Crippen LogP contribution in [0.5, 0.6) is 11.5 Å².